The zero-order valence-corrected chi connectivity index (χ0v) is 10.6. The maximum absolute atomic E-state index is 12.9. The van der Waals surface area contributed by atoms with Crippen LogP contribution in [0.25, 0.3) is 0 Å². The first-order chi connectivity index (χ1) is 8.93. The van der Waals surface area contributed by atoms with Gasteiger partial charge in [0.2, 0.25) is 0 Å². The molecule has 19 heavy (non-hydrogen) atoms. The molecule has 0 aliphatic heterocycles. The fourth-order valence-corrected chi connectivity index (χ4v) is 2.26. The minimum atomic E-state index is -4.38. The van der Waals surface area contributed by atoms with Crippen LogP contribution in [0.2, 0.25) is 0 Å². The zero-order chi connectivity index (χ0) is 14.0. The fraction of sp³-hybridized carbons (Fsp3) is 0.538. The largest absolute Gasteiger partial charge is 0.418 e. The number of alkyl halides is 3. The van der Waals surface area contributed by atoms with Crippen molar-refractivity contribution in [2.75, 3.05) is 11.9 Å². The van der Waals surface area contributed by atoms with Gasteiger partial charge in [0.15, 0.2) is 0 Å². The molecule has 1 aromatic rings. The van der Waals surface area contributed by atoms with Gasteiger partial charge in [-0.05, 0) is 25.5 Å². The monoisotopic (exact) mass is 274 g/mol. The first-order valence-corrected chi connectivity index (χ1v) is 6.23. The summed E-state index contributed by atoms with van der Waals surface area (Å²) in [5, 5.41) is 2.87. The van der Waals surface area contributed by atoms with E-state index in [1.165, 1.54) is 12.1 Å². The number of benzene rings is 1. The normalized spacial score (nSPS) is 26.9. The van der Waals surface area contributed by atoms with E-state index < -0.39 is 11.7 Å². The van der Waals surface area contributed by atoms with E-state index in [1.807, 2.05) is 6.92 Å². The molecule has 0 heterocycles. The highest BCUT2D eigenvalue weighted by atomic mass is 19.4. The predicted molar refractivity (Wildman–Crippen MR) is 66.9 cm³/mol. The Morgan fingerprint density at radius 2 is 2.05 bits per heavy atom. The molecule has 106 valence electrons. The molecule has 0 aromatic heterocycles. The Kier molecular flexibility index (Phi) is 4.01. The van der Waals surface area contributed by atoms with Gasteiger partial charge in [-0.2, -0.15) is 13.2 Å². The molecule has 1 aromatic carbocycles. The molecule has 0 bridgehead atoms. The second kappa shape index (κ2) is 5.38. The number of para-hydroxylation sites is 1. The van der Waals surface area contributed by atoms with E-state index in [-0.39, 0.29) is 23.9 Å². The van der Waals surface area contributed by atoms with E-state index >= 15 is 0 Å². The van der Waals surface area contributed by atoms with Crippen LogP contribution >= 0.6 is 0 Å². The molecule has 2 rings (SSSR count). The van der Waals surface area contributed by atoms with Crippen LogP contribution in [0.1, 0.15) is 18.9 Å². The van der Waals surface area contributed by atoms with E-state index in [0.29, 0.717) is 13.0 Å². The summed E-state index contributed by atoms with van der Waals surface area (Å²) in [6, 6.07) is 4.95. The number of nitrogens with two attached hydrogens (primary N) is 1. The lowest BCUT2D eigenvalue weighted by Crippen LogP contribution is -2.60. The number of hydrogen-bond donors (Lipinski definition) is 2. The Hall–Kier alpha value is -1.27. The average Bonchev–Trinajstić information content (AvgIpc) is 2.35. The van der Waals surface area contributed by atoms with Gasteiger partial charge >= 0.3 is 6.18 Å². The number of nitrogens with one attached hydrogen (secondary N) is 1. The molecule has 0 amide bonds. The molecule has 0 radical (unpaired) electrons. The maximum Gasteiger partial charge on any atom is 0.418 e. The fourth-order valence-electron chi connectivity index (χ4n) is 2.26. The Morgan fingerprint density at radius 1 is 1.37 bits per heavy atom. The first kappa shape index (κ1) is 14.1. The SMILES string of the molecule is CCOC1CC(N)C1Nc1ccccc1C(F)(F)F. The average molecular weight is 274 g/mol. The zero-order valence-electron chi connectivity index (χ0n) is 10.6. The van der Waals surface area contributed by atoms with Gasteiger partial charge in [0.1, 0.15) is 0 Å². The van der Waals surface area contributed by atoms with Gasteiger partial charge in [-0.3, -0.25) is 0 Å². The summed E-state index contributed by atoms with van der Waals surface area (Å²) in [6.07, 6.45) is -3.83. The van der Waals surface area contributed by atoms with Crippen LogP contribution in [-0.2, 0) is 10.9 Å². The van der Waals surface area contributed by atoms with E-state index in [4.69, 9.17) is 10.5 Å². The van der Waals surface area contributed by atoms with Gasteiger partial charge in [0, 0.05) is 18.3 Å². The lowest BCUT2D eigenvalue weighted by atomic mass is 9.83. The van der Waals surface area contributed by atoms with Gasteiger partial charge in [-0.25, -0.2) is 0 Å². The van der Waals surface area contributed by atoms with Gasteiger partial charge in [-0.15, -0.1) is 0 Å². The lowest BCUT2D eigenvalue weighted by Gasteiger charge is -2.43. The molecular weight excluding hydrogens is 257 g/mol. The van der Waals surface area contributed by atoms with Crippen LogP contribution < -0.4 is 11.1 Å². The topological polar surface area (TPSA) is 47.3 Å². The second-order valence-corrected chi connectivity index (χ2v) is 4.61. The smallest absolute Gasteiger partial charge is 0.378 e. The molecule has 3 N–H and O–H groups in total. The van der Waals surface area contributed by atoms with Gasteiger partial charge in [0.05, 0.1) is 17.7 Å². The van der Waals surface area contributed by atoms with Crippen molar-refractivity contribution in [3.63, 3.8) is 0 Å². The first-order valence-electron chi connectivity index (χ1n) is 6.23. The highest BCUT2D eigenvalue weighted by Gasteiger charge is 2.41. The summed E-state index contributed by atoms with van der Waals surface area (Å²) >= 11 is 0. The molecule has 3 nitrogen and oxygen atoms in total. The molecule has 1 aliphatic carbocycles. The van der Waals surface area contributed by atoms with Gasteiger partial charge < -0.3 is 15.8 Å². The molecule has 0 saturated heterocycles. The van der Waals surface area contributed by atoms with Crippen molar-refractivity contribution in [2.24, 2.45) is 5.73 Å². The number of rotatable bonds is 4. The van der Waals surface area contributed by atoms with Crippen molar-refractivity contribution in [3.8, 4) is 0 Å². The maximum atomic E-state index is 12.9. The van der Waals surface area contributed by atoms with Gasteiger partial charge in [-0.1, -0.05) is 12.1 Å². The van der Waals surface area contributed by atoms with Crippen molar-refractivity contribution in [1.29, 1.82) is 0 Å². The van der Waals surface area contributed by atoms with Crippen molar-refractivity contribution >= 4 is 5.69 Å². The number of halogens is 3. The van der Waals surface area contributed by atoms with E-state index in [0.717, 1.165) is 6.07 Å². The summed E-state index contributed by atoms with van der Waals surface area (Å²) in [7, 11) is 0. The Bertz CT molecular complexity index is 434. The standard InChI is InChI=1S/C13H17F3N2O/c1-2-19-11-7-9(17)12(11)18-10-6-4-3-5-8(10)13(14,15)16/h3-6,9,11-12,18H,2,7,17H2,1H3. The summed E-state index contributed by atoms with van der Waals surface area (Å²) in [6.45, 7) is 2.38. The minimum Gasteiger partial charge on any atom is -0.378 e. The lowest BCUT2D eigenvalue weighted by molar-refractivity contribution is -0.137. The highest BCUT2D eigenvalue weighted by molar-refractivity contribution is 5.54. The molecule has 6 heteroatoms. The van der Waals surface area contributed by atoms with E-state index in [2.05, 4.69) is 5.32 Å². The van der Waals surface area contributed by atoms with Gasteiger partial charge in [0.25, 0.3) is 0 Å². The second-order valence-electron chi connectivity index (χ2n) is 4.61. The van der Waals surface area contributed by atoms with Crippen molar-refractivity contribution in [3.05, 3.63) is 29.8 Å². The summed E-state index contributed by atoms with van der Waals surface area (Å²) in [4.78, 5) is 0. The van der Waals surface area contributed by atoms with Crippen LogP contribution in [0.5, 0.6) is 0 Å². The van der Waals surface area contributed by atoms with Crippen molar-refractivity contribution < 1.29 is 17.9 Å². The van der Waals surface area contributed by atoms with E-state index in [9.17, 15) is 13.2 Å². The van der Waals surface area contributed by atoms with Crippen LogP contribution in [0, 0.1) is 0 Å². The van der Waals surface area contributed by atoms with Crippen molar-refractivity contribution in [2.45, 2.75) is 37.7 Å². The summed E-state index contributed by atoms with van der Waals surface area (Å²) in [5.41, 5.74) is 5.21. The van der Waals surface area contributed by atoms with Crippen molar-refractivity contribution in [1.82, 2.24) is 0 Å². The van der Waals surface area contributed by atoms with Crippen LogP contribution in [-0.4, -0.2) is 24.8 Å². The van der Waals surface area contributed by atoms with Crippen LogP contribution in [0.15, 0.2) is 24.3 Å². The third kappa shape index (κ3) is 3.01. The molecule has 1 aliphatic rings. The van der Waals surface area contributed by atoms with Crippen LogP contribution in [0.3, 0.4) is 0 Å². The number of hydrogen-bond acceptors (Lipinski definition) is 3. The van der Waals surface area contributed by atoms with E-state index in [1.54, 1.807) is 6.07 Å². The Labute approximate surface area is 109 Å². The molecule has 1 fully saturated rings. The predicted octanol–water partition coefficient (Wildman–Crippen LogP) is 2.62. The third-order valence-electron chi connectivity index (χ3n) is 3.30. The quantitative estimate of drug-likeness (QED) is 0.887. The minimum absolute atomic E-state index is 0.0554. The number of ether oxygens (including phenoxy) is 1. The van der Waals surface area contributed by atoms with Crippen LogP contribution in [0.4, 0.5) is 18.9 Å². The molecule has 0 spiro atoms. The molecule has 3 unspecified atom stereocenters. The Balaban J connectivity index is 2.15. The highest BCUT2D eigenvalue weighted by Crippen LogP contribution is 2.36. The molecular formula is C13H17F3N2O. The Morgan fingerprint density at radius 3 is 2.63 bits per heavy atom. The summed E-state index contributed by atoms with van der Waals surface area (Å²) < 4.78 is 44.0. The third-order valence-corrected chi connectivity index (χ3v) is 3.30. The summed E-state index contributed by atoms with van der Waals surface area (Å²) in [5.74, 6) is 0. The molecule has 1 saturated carbocycles. The molecule has 3 atom stereocenters. The number of anilines is 1.